The van der Waals surface area contributed by atoms with Crippen molar-refractivity contribution in [2.45, 2.75) is 31.2 Å². The minimum Gasteiger partial charge on any atom is -0.379 e. The summed E-state index contributed by atoms with van der Waals surface area (Å²) in [4.78, 5) is 24.3. The van der Waals surface area contributed by atoms with Crippen LogP contribution in [-0.4, -0.2) is 62.9 Å². The van der Waals surface area contributed by atoms with E-state index in [-0.39, 0.29) is 36.0 Å². The molecule has 1 heterocycles. The van der Waals surface area contributed by atoms with Gasteiger partial charge < -0.3 is 15.4 Å². The predicted octanol–water partition coefficient (Wildman–Crippen LogP) is 0.352. The van der Waals surface area contributed by atoms with Crippen molar-refractivity contribution in [2.75, 3.05) is 32.8 Å². The molecule has 1 saturated heterocycles. The summed E-state index contributed by atoms with van der Waals surface area (Å²) in [5, 5.41) is 5.21. The summed E-state index contributed by atoms with van der Waals surface area (Å²) in [6.07, 6.45) is 0. The van der Waals surface area contributed by atoms with Crippen LogP contribution in [0.4, 0.5) is 0 Å². The minimum absolute atomic E-state index is 0.0163. The molecular formula is C17H25N3O5S. The van der Waals surface area contributed by atoms with E-state index in [1.165, 1.54) is 16.4 Å². The molecule has 0 bridgehead atoms. The Balaban J connectivity index is 2.15. The first-order valence-electron chi connectivity index (χ1n) is 8.37. The fraction of sp³-hybridized carbons (Fsp3) is 0.529. The highest BCUT2D eigenvalue weighted by atomic mass is 32.2. The van der Waals surface area contributed by atoms with Crippen LogP contribution in [0, 0.1) is 0 Å². The summed E-state index contributed by atoms with van der Waals surface area (Å²) in [7, 11) is -3.81. The number of carbonyl (C=O) groups excluding carboxylic acids is 2. The van der Waals surface area contributed by atoms with Crippen molar-refractivity contribution < 1.29 is 22.7 Å². The first kappa shape index (κ1) is 20.3. The molecule has 0 saturated carbocycles. The zero-order chi connectivity index (χ0) is 19.4. The number of morpholine rings is 1. The highest BCUT2D eigenvalue weighted by molar-refractivity contribution is 7.89. The third-order valence-corrected chi connectivity index (χ3v) is 5.60. The number of amides is 2. The molecule has 1 aromatic carbocycles. The Bertz CT molecular complexity index is 765. The zero-order valence-electron chi connectivity index (χ0n) is 15.2. The molecule has 8 nitrogen and oxygen atoms in total. The monoisotopic (exact) mass is 383 g/mol. The Morgan fingerprint density at radius 2 is 1.77 bits per heavy atom. The molecule has 9 heteroatoms. The molecule has 1 fully saturated rings. The second-order valence-corrected chi connectivity index (χ2v) is 8.90. The lowest BCUT2D eigenvalue weighted by Crippen LogP contribution is -2.46. The highest BCUT2D eigenvalue weighted by Gasteiger charge is 2.30. The van der Waals surface area contributed by atoms with E-state index in [0.29, 0.717) is 13.2 Å². The van der Waals surface area contributed by atoms with Gasteiger partial charge in [-0.1, -0.05) is 12.1 Å². The van der Waals surface area contributed by atoms with Gasteiger partial charge in [-0.2, -0.15) is 4.31 Å². The Morgan fingerprint density at radius 3 is 2.38 bits per heavy atom. The molecule has 0 radical (unpaired) electrons. The first-order chi connectivity index (χ1) is 12.1. The normalized spacial score (nSPS) is 16.1. The third kappa shape index (κ3) is 5.26. The second kappa shape index (κ2) is 8.15. The molecule has 1 aliphatic rings. The van der Waals surface area contributed by atoms with E-state index >= 15 is 0 Å². The fourth-order valence-electron chi connectivity index (χ4n) is 2.52. The second-order valence-electron chi connectivity index (χ2n) is 6.99. The minimum atomic E-state index is -3.81. The van der Waals surface area contributed by atoms with Crippen LogP contribution in [0.2, 0.25) is 0 Å². The van der Waals surface area contributed by atoms with Crippen molar-refractivity contribution in [2.24, 2.45) is 0 Å². The van der Waals surface area contributed by atoms with Crippen molar-refractivity contribution >= 4 is 21.8 Å². The first-order valence-corrected chi connectivity index (χ1v) is 9.81. The molecule has 0 aromatic heterocycles. The third-order valence-electron chi connectivity index (χ3n) is 3.64. The standard InChI is InChI=1S/C17H25N3O5S/c1-17(2,3)19-15(21)12-18-16(22)13-6-4-5-7-14(13)26(23,24)20-8-10-25-11-9-20/h4-7H,8-12H2,1-3H3,(H,18,22)(H,19,21). The van der Waals surface area contributed by atoms with Crippen LogP contribution >= 0.6 is 0 Å². The maximum atomic E-state index is 12.8. The van der Waals surface area contributed by atoms with Gasteiger partial charge >= 0.3 is 0 Å². The average Bonchev–Trinajstić information content (AvgIpc) is 2.59. The lowest BCUT2D eigenvalue weighted by Gasteiger charge is -2.26. The van der Waals surface area contributed by atoms with Gasteiger partial charge in [0.1, 0.15) is 0 Å². The van der Waals surface area contributed by atoms with Gasteiger partial charge in [0, 0.05) is 18.6 Å². The molecule has 0 aliphatic carbocycles. The van der Waals surface area contributed by atoms with Gasteiger partial charge in [-0.15, -0.1) is 0 Å². The van der Waals surface area contributed by atoms with E-state index in [4.69, 9.17) is 4.74 Å². The molecule has 0 unspecified atom stereocenters. The highest BCUT2D eigenvalue weighted by Crippen LogP contribution is 2.21. The van der Waals surface area contributed by atoms with Crippen molar-refractivity contribution in [1.82, 2.24) is 14.9 Å². The van der Waals surface area contributed by atoms with E-state index in [9.17, 15) is 18.0 Å². The number of nitrogens with one attached hydrogen (secondary N) is 2. The summed E-state index contributed by atoms with van der Waals surface area (Å²) in [6, 6.07) is 5.98. The van der Waals surface area contributed by atoms with Crippen LogP contribution in [0.15, 0.2) is 29.2 Å². The van der Waals surface area contributed by atoms with E-state index in [1.807, 2.05) is 20.8 Å². The van der Waals surface area contributed by atoms with Crippen LogP contribution in [0.5, 0.6) is 0 Å². The van der Waals surface area contributed by atoms with E-state index in [1.54, 1.807) is 12.1 Å². The number of ether oxygens (including phenoxy) is 1. The van der Waals surface area contributed by atoms with Crippen molar-refractivity contribution in [3.8, 4) is 0 Å². The Kier molecular flexibility index (Phi) is 6.38. The average molecular weight is 383 g/mol. The van der Waals surface area contributed by atoms with Crippen molar-refractivity contribution in [3.05, 3.63) is 29.8 Å². The van der Waals surface area contributed by atoms with Crippen LogP contribution in [-0.2, 0) is 19.6 Å². The molecule has 0 spiro atoms. The molecular weight excluding hydrogens is 358 g/mol. The van der Waals surface area contributed by atoms with Gasteiger partial charge in [-0.3, -0.25) is 9.59 Å². The number of hydrogen-bond donors (Lipinski definition) is 2. The zero-order valence-corrected chi connectivity index (χ0v) is 16.1. The molecule has 1 aliphatic heterocycles. The van der Waals surface area contributed by atoms with Gasteiger partial charge in [0.2, 0.25) is 15.9 Å². The van der Waals surface area contributed by atoms with E-state index in [0.717, 1.165) is 0 Å². The van der Waals surface area contributed by atoms with Gasteiger partial charge in [0.15, 0.2) is 0 Å². The van der Waals surface area contributed by atoms with Gasteiger partial charge in [0.25, 0.3) is 5.91 Å². The van der Waals surface area contributed by atoms with Crippen LogP contribution in [0.3, 0.4) is 0 Å². The molecule has 144 valence electrons. The predicted molar refractivity (Wildman–Crippen MR) is 96.2 cm³/mol. The number of nitrogens with zero attached hydrogens (tertiary/aromatic N) is 1. The van der Waals surface area contributed by atoms with E-state index < -0.39 is 21.5 Å². The van der Waals surface area contributed by atoms with E-state index in [2.05, 4.69) is 10.6 Å². The summed E-state index contributed by atoms with van der Waals surface area (Å²) in [5.41, 5.74) is -0.401. The number of sulfonamides is 1. The van der Waals surface area contributed by atoms with Crippen LogP contribution in [0.1, 0.15) is 31.1 Å². The SMILES string of the molecule is CC(C)(C)NC(=O)CNC(=O)c1ccccc1S(=O)(=O)N1CCOCC1. The maximum Gasteiger partial charge on any atom is 0.253 e. The lowest BCUT2D eigenvalue weighted by molar-refractivity contribution is -0.121. The fourth-order valence-corrected chi connectivity index (χ4v) is 4.12. The summed E-state index contributed by atoms with van der Waals surface area (Å²) in [6.45, 7) is 6.38. The van der Waals surface area contributed by atoms with Gasteiger partial charge in [0.05, 0.1) is 30.2 Å². The number of rotatable bonds is 5. The number of hydrogen-bond acceptors (Lipinski definition) is 5. The molecule has 26 heavy (non-hydrogen) atoms. The molecule has 2 rings (SSSR count). The molecule has 0 atom stereocenters. The molecule has 2 amide bonds. The molecule has 2 N–H and O–H groups in total. The largest absolute Gasteiger partial charge is 0.379 e. The van der Waals surface area contributed by atoms with Crippen molar-refractivity contribution in [3.63, 3.8) is 0 Å². The Labute approximate surface area is 153 Å². The maximum absolute atomic E-state index is 12.8. The van der Waals surface area contributed by atoms with Gasteiger partial charge in [-0.05, 0) is 32.9 Å². The molecule has 1 aromatic rings. The van der Waals surface area contributed by atoms with Gasteiger partial charge in [-0.25, -0.2) is 8.42 Å². The summed E-state index contributed by atoms with van der Waals surface area (Å²) < 4.78 is 32.2. The Morgan fingerprint density at radius 1 is 1.15 bits per heavy atom. The van der Waals surface area contributed by atoms with Crippen LogP contribution < -0.4 is 10.6 Å². The quantitative estimate of drug-likeness (QED) is 0.764. The Hall–Kier alpha value is -1.97. The topological polar surface area (TPSA) is 105 Å². The van der Waals surface area contributed by atoms with Crippen LogP contribution in [0.25, 0.3) is 0 Å². The summed E-state index contributed by atoms with van der Waals surface area (Å²) in [5.74, 6) is -0.958. The smallest absolute Gasteiger partial charge is 0.253 e. The number of benzene rings is 1. The summed E-state index contributed by atoms with van der Waals surface area (Å²) >= 11 is 0. The van der Waals surface area contributed by atoms with Crippen molar-refractivity contribution in [1.29, 1.82) is 0 Å². The number of carbonyl (C=O) groups is 2. The lowest BCUT2D eigenvalue weighted by atomic mass is 10.1.